The monoisotopic (exact) mass is 291 g/mol. The molecule has 0 amide bonds. The van der Waals surface area contributed by atoms with Crippen LogP contribution in [0.25, 0.3) is 0 Å². The molecule has 114 valence electrons. The third-order valence-corrected chi connectivity index (χ3v) is 2.79. The summed E-state index contributed by atoms with van der Waals surface area (Å²) in [7, 11) is 1.80. The molecule has 9 heteroatoms. The lowest BCUT2D eigenvalue weighted by Crippen LogP contribution is -2.03. The van der Waals surface area contributed by atoms with Gasteiger partial charge in [0, 0.05) is 13.0 Å². The van der Waals surface area contributed by atoms with Crippen LogP contribution in [0, 0.1) is 6.92 Å². The predicted molar refractivity (Wildman–Crippen MR) is 78.4 cm³/mol. The summed E-state index contributed by atoms with van der Waals surface area (Å²) in [6.45, 7) is 9.92. The Morgan fingerprint density at radius 2 is 1.81 bits per heavy atom. The number of rotatable bonds is 5. The Kier molecular flexibility index (Phi) is 4.29. The van der Waals surface area contributed by atoms with Crippen molar-refractivity contribution in [2.45, 2.75) is 46.6 Å². The normalized spacial score (nSPS) is 12.0. The van der Waals surface area contributed by atoms with Crippen molar-refractivity contribution < 1.29 is 0 Å². The molecule has 0 spiro atoms. The highest BCUT2D eigenvalue weighted by molar-refractivity contribution is 5.24. The second-order valence-corrected chi connectivity index (χ2v) is 5.38. The van der Waals surface area contributed by atoms with E-state index in [1.54, 1.807) is 16.4 Å². The molecule has 0 saturated heterocycles. The minimum absolute atomic E-state index is 0.169. The largest absolute Gasteiger partial charge is 0.269 e. The Hall–Kier alpha value is -2.32. The molecule has 2 rings (SSSR count). The fourth-order valence-electron chi connectivity index (χ4n) is 1.69. The van der Waals surface area contributed by atoms with Gasteiger partial charge >= 0.3 is 0 Å². The van der Waals surface area contributed by atoms with Crippen LogP contribution in [0.3, 0.4) is 0 Å². The van der Waals surface area contributed by atoms with Gasteiger partial charge in [-0.25, -0.2) is 14.8 Å². The number of aryl methyl sites for hydroxylation is 2. The zero-order valence-electron chi connectivity index (χ0n) is 13.2. The Labute approximate surface area is 123 Å². The summed E-state index contributed by atoms with van der Waals surface area (Å²) in [5.74, 6) is 2.68. The lowest BCUT2D eigenvalue weighted by molar-refractivity contribution is 0.530. The van der Waals surface area contributed by atoms with Crippen molar-refractivity contribution >= 4 is 11.9 Å². The molecule has 0 bridgehead atoms. The summed E-state index contributed by atoms with van der Waals surface area (Å²) in [5, 5.41) is 16.6. The van der Waals surface area contributed by atoms with Crippen LogP contribution in [0.2, 0.25) is 0 Å². The average Bonchev–Trinajstić information content (AvgIpc) is 2.94. The van der Waals surface area contributed by atoms with Gasteiger partial charge in [-0.15, -0.1) is 0 Å². The number of aromatic nitrogens is 6. The first-order chi connectivity index (χ1) is 9.88. The molecular weight excluding hydrogens is 270 g/mol. The molecular formula is C12H21N9. The molecule has 0 atom stereocenters. The van der Waals surface area contributed by atoms with Crippen molar-refractivity contribution in [3.05, 3.63) is 11.6 Å². The first-order valence-electron chi connectivity index (χ1n) is 6.89. The summed E-state index contributed by atoms with van der Waals surface area (Å²) in [6, 6.07) is 0.169. The van der Waals surface area contributed by atoms with Crippen molar-refractivity contribution in [3.8, 4) is 0 Å². The van der Waals surface area contributed by atoms with E-state index in [0.29, 0.717) is 17.7 Å². The van der Waals surface area contributed by atoms with E-state index in [-0.39, 0.29) is 12.0 Å². The van der Waals surface area contributed by atoms with Crippen LogP contribution >= 0.6 is 0 Å². The maximum atomic E-state index is 4.35. The van der Waals surface area contributed by atoms with Crippen LogP contribution in [0.5, 0.6) is 0 Å². The van der Waals surface area contributed by atoms with Crippen molar-refractivity contribution in [3.63, 3.8) is 0 Å². The van der Waals surface area contributed by atoms with Crippen LogP contribution in [0.15, 0.2) is 10.3 Å². The van der Waals surface area contributed by atoms with E-state index < -0.39 is 0 Å². The second-order valence-electron chi connectivity index (χ2n) is 5.38. The minimum Gasteiger partial charge on any atom is -0.233 e. The summed E-state index contributed by atoms with van der Waals surface area (Å²) < 4.78 is 3.35. The van der Waals surface area contributed by atoms with Crippen LogP contribution in [0.1, 0.15) is 51.3 Å². The number of nitrogens with zero attached hydrogens (tertiary/aromatic N) is 8. The first kappa shape index (κ1) is 15.1. The molecule has 0 fully saturated rings. The van der Waals surface area contributed by atoms with Crippen molar-refractivity contribution in [1.29, 1.82) is 0 Å². The standard InChI is InChI=1S/C12H21N9/c1-7(2)10-14-11(20(6)18-10)15-19-16-12-13-9(5)17-21(12)8(3)4/h7-8H,1-6H3,(H,13,14,15,16,17,18). The Balaban J connectivity index is 2.12. The zero-order chi connectivity index (χ0) is 15.6. The highest BCUT2D eigenvalue weighted by atomic mass is 15.5. The molecule has 0 aromatic carbocycles. The Morgan fingerprint density at radius 3 is 2.38 bits per heavy atom. The average molecular weight is 291 g/mol. The molecule has 2 aromatic heterocycles. The molecule has 2 aromatic rings. The van der Waals surface area contributed by atoms with Crippen LogP contribution in [0.4, 0.5) is 11.9 Å². The van der Waals surface area contributed by atoms with E-state index in [0.717, 1.165) is 5.82 Å². The lowest BCUT2D eigenvalue weighted by Gasteiger charge is -2.04. The smallest absolute Gasteiger partial charge is 0.233 e. The minimum atomic E-state index is 0.169. The van der Waals surface area contributed by atoms with Gasteiger partial charge in [-0.2, -0.15) is 20.2 Å². The van der Waals surface area contributed by atoms with Crippen molar-refractivity contribution in [1.82, 2.24) is 29.5 Å². The molecule has 0 aliphatic rings. The van der Waals surface area contributed by atoms with Gasteiger partial charge in [-0.05, 0) is 20.8 Å². The molecule has 2 heterocycles. The van der Waals surface area contributed by atoms with Crippen molar-refractivity contribution in [2.75, 3.05) is 5.43 Å². The van der Waals surface area contributed by atoms with Crippen LogP contribution < -0.4 is 5.43 Å². The summed E-state index contributed by atoms with van der Waals surface area (Å²) in [6.07, 6.45) is 0. The van der Waals surface area contributed by atoms with Crippen molar-refractivity contribution in [2.24, 2.45) is 17.4 Å². The number of nitrogens with one attached hydrogen (secondary N) is 1. The molecule has 0 radical (unpaired) electrons. The maximum absolute atomic E-state index is 4.35. The van der Waals surface area contributed by atoms with Gasteiger partial charge in [0.25, 0.3) is 5.95 Å². The highest BCUT2D eigenvalue weighted by Gasteiger charge is 2.11. The Morgan fingerprint density at radius 1 is 1.10 bits per heavy atom. The van der Waals surface area contributed by atoms with E-state index >= 15 is 0 Å². The SMILES string of the molecule is Cc1nc(N=NNc2nc(C(C)C)nn2C)n(C(C)C)n1. The summed E-state index contributed by atoms with van der Waals surface area (Å²) in [4.78, 5) is 8.57. The Bertz CT molecular complexity index is 635. The summed E-state index contributed by atoms with van der Waals surface area (Å²) >= 11 is 0. The molecule has 0 saturated carbocycles. The maximum Gasteiger partial charge on any atom is 0.269 e. The molecule has 1 N–H and O–H groups in total. The number of hydrogen-bond acceptors (Lipinski definition) is 6. The van der Waals surface area contributed by atoms with Gasteiger partial charge in [0.1, 0.15) is 5.82 Å². The summed E-state index contributed by atoms with van der Waals surface area (Å²) in [5.41, 5.74) is 2.78. The van der Waals surface area contributed by atoms with Gasteiger partial charge in [-0.1, -0.05) is 24.2 Å². The van der Waals surface area contributed by atoms with E-state index in [4.69, 9.17) is 0 Å². The molecule has 21 heavy (non-hydrogen) atoms. The second kappa shape index (κ2) is 5.98. The highest BCUT2D eigenvalue weighted by Crippen LogP contribution is 2.16. The molecule has 0 aliphatic carbocycles. The number of hydrogen-bond donors (Lipinski definition) is 1. The van der Waals surface area contributed by atoms with E-state index in [9.17, 15) is 0 Å². The fourth-order valence-corrected chi connectivity index (χ4v) is 1.69. The van der Waals surface area contributed by atoms with E-state index in [2.05, 4.69) is 35.9 Å². The van der Waals surface area contributed by atoms with Gasteiger partial charge < -0.3 is 0 Å². The van der Waals surface area contributed by atoms with E-state index in [1.165, 1.54) is 0 Å². The lowest BCUT2D eigenvalue weighted by atomic mass is 10.2. The number of anilines is 1. The molecule has 0 unspecified atom stereocenters. The van der Waals surface area contributed by atoms with Gasteiger partial charge in [0.15, 0.2) is 5.82 Å². The van der Waals surface area contributed by atoms with Crippen LogP contribution in [-0.4, -0.2) is 29.5 Å². The quantitative estimate of drug-likeness (QED) is 0.674. The van der Waals surface area contributed by atoms with Crippen LogP contribution in [-0.2, 0) is 7.05 Å². The first-order valence-corrected chi connectivity index (χ1v) is 6.89. The fraction of sp³-hybridized carbons (Fsp3) is 0.667. The zero-order valence-corrected chi connectivity index (χ0v) is 13.2. The third-order valence-electron chi connectivity index (χ3n) is 2.79. The van der Waals surface area contributed by atoms with Gasteiger partial charge in [0.2, 0.25) is 5.95 Å². The van der Waals surface area contributed by atoms with Gasteiger partial charge in [-0.3, -0.25) is 0 Å². The topological polar surface area (TPSA) is 98.2 Å². The predicted octanol–water partition coefficient (Wildman–Crippen LogP) is 2.53. The molecule has 0 aliphatic heterocycles. The third kappa shape index (κ3) is 3.41. The van der Waals surface area contributed by atoms with E-state index in [1.807, 2.05) is 34.6 Å². The molecule has 9 nitrogen and oxygen atoms in total. The van der Waals surface area contributed by atoms with Gasteiger partial charge in [0.05, 0.1) is 6.04 Å².